The highest BCUT2D eigenvalue weighted by molar-refractivity contribution is 5.76. The maximum atomic E-state index is 12.0. The SMILES string of the molecule is COc1ccc(CCC(=O)NC2CNCCC2C)cc1. The van der Waals surface area contributed by atoms with Crippen molar-refractivity contribution in [2.75, 3.05) is 20.2 Å². The van der Waals surface area contributed by atoms with Crippen LogP contribution in [0.2, 0.25) is 0 Å². The summed E-state index contributed by atoms with van der Waals surface area (Å²) in [6, 6.07) is 8.15. The third-order valence-electron chi connectivity index (χ3n) is 3.97. The van der Waals surface area contributed by atoms with E-state index in [2.05, 4.69) is 17.6 Å². The van der Waals surface area contributed by atoms with Crippen LogP contribution in [-0.4, -0.2) is 32.1 Å². The molecule has 1 aromatic carbocycles. The van der Waals surface area contributed by atoms with Gasteiger partial charge in [0, 0.05) is 19.0 Å². The number of piperidine rings is 1. The molecule has 0 aromatic heterocycles. The molecule has 4 heteroatoms. The minimum absolute atomic E-state index is 0.140. The van der Waals surface area contributed by atoms with E-state index in [1.165, 1.54) is 0 Å². The lowest BCUT2D eigenvalue weighted by Gasteiger charge is -2.30. The Morgan fingerprint density at radius 1 is 1.40 bits per heavy atom. The molecule has 0 radical (unpaired) electrons. The monoisotopic (exact) mass is 276 g/mol. The van der Waals surface area contributed by atoms with Crippen LogP contribution in [0.4, 0.5) is 0 Å². The zero-order valence-electron chi connectivity index (χ0n) is 12.3. The van der Waals surface area contributed by atoms with Gasteiger partial charge in [-0.25, -0.2) is 0 Å². The van der Waals surface area contributed by atoms with E-state index in [1.807, 2.05) is 24.3 Å². The lowest BCUT2D eigenvalue weighted by Crippen LogP contribution is -2.50. The molecule has 1 saturated heterocycles. The van der Waals surface area contributed by atoms with Gasteiger partial charge in [0.25, 0.3) is 0 Å². The van der Waals surface area contributed by atoms with Gasteiger partial charge < -0.3 is 15.4 Å². The molecular formula is C16H24N2O2. The quantitative estimate of drug-likeness (QED) is 0.861. The molecule has 2 N–H and O–H groups in total. The Bertz CT molecular complexity index is 431. The Kier molecular flexibility index (Phi) is 5.41. The second-order valence-electron chi connectivity index (χ2n) is 5.49. The minimum Gasteiger partial charge on any atom is -0.497 e. The van der Waals surface area contributed by atoms with E-state index in [4.69, 9.17) is 4.74 Å². The summed E-state index contributed by atoms with van der Waals surface area (Å²) < 4.78 is 5.12. The van der Waals surface area contributed by atoms with E-state index in [-0.39, 0.29) is 11.9 Å². The van der Waals surface area contributed by atoms with Crippen LogP contribution in [0.15, 0.2) is 24.3 Å². The largest absolute Gasteiger partial charge is 0.497 e. The maximum absolute atomic E-state index is 12.0. The van der Waals surface area contributed by atoms with Crippen molar-refractivity contribution in [1.82, 2.24) is 10.6 Å². The van der Waals surface area contributed by atoms with Gasteiger partial charge in [0.2, 0.25) is 5.91 Å². The number of carbonyl (C=O) groups excluding carboxylic acids is 1. The highest BCUT2D eigenvalue weighted by Crippen LogP contribution is 2.14. The van der Waals surface area contributed by atoms with Gasteiger partial charge in [0.1, 0.15) is 5.75 Å². The first-order valence-corrected chi connectivity index (χ1v) is 7.32. The highest BCUT2D eigenvalue weighted by Gasteiger charge is 2.22. The zero-order chi connectivity index (χ0) is 14.4. The van der Waals surface area contributed by atoms with Gasteiger partial charge in [-0.1, -0.05) is 19.1 Å². The predicted molar refractivity (Wildman–Crippen MR) is 79.9 cm³/mol. The Morgan fingerprint density at radius 3 is 2.80 bits per heavy atom. The molecule has 20 heavy (non-hydrogen) atoms. The fourth-order valence-electron chi connectivity index (χ4n) is 2.51. The van der Waals surface area contributed by atoms with E-state index < -0.39 is 0 Å². The van der Waals surface area contributed by atoms with Gasteiger partial charge in [0.05, 0.1) is 7.11 Å². The average Bonchev–Trinajstić information content (AvgIpc) is 2.48. The molecule has 1 aromatic rings. The average molecular weight is 276 g/mol. The molecule has 0 bridgehead atoms. The summed E-state index contributed by atoms with van der Waals surface area (Å²) in [5.74, 6) is 1.54. The van der Waals surface area contributed by atoms with Crippen molar-refractivity contribution in [3.05, 3.63) is 29.8 Å². The van der Waals surface area contributed by atoms with E-state index in [0.717, 1.165) is 37.2 Å². The molecule has 0 aliphatic carbocycles. The first-order valence-electron chi connectivity index (χ1n) is 7.32. The van der Waals surface area contributed by atoms with Crippen LogP contribution < -0.4 is 15.4 Å². The third-order valence-corrected chi connectivity index (χ3v) is 3.97. The zero-order valence-corrected chi connectivity index (χ0v) is 12.3. The smallest absolute Gasteiger partial charge is 0.220 e. The summed E-state index contributed by atoms with van der Waals surface area (Å²) in [4.78, 5) is 12.0. The number of methoxy groups -OCH3 is 1. The third kappa shape index (κ3) is 4.23. The molecule has 1 fully saturated rings. The van der Waals surface area contributed by atoms with Crippen molar-refractivity contribution >= 4 is 5.91 Å². The molecule has 1 aliphatic heterocycles. The number of hydrogen-bond acceptors (Lipinski definition) is 3. The van der Waals surface area contributed by atoms with E-state index >= 15 is 0 Å². The van der Waals surface area contributed by atoms with Crippen LogP contribution >= 0.6 is 0 Å². The van der Waals surface area contributed by atoms with Gasteiger partial charge in [-0.2, -0.15) is 0 Å². The number of aryl methyl sites for hydroxylation is 1. The van der Waals surface area contributed by atoms with Crippen LogP contribution in [-0.2, 0) is 11.2 Å². The number of hydrogen-bond donors (Lipinski definition) is 2. The number of benzene rings is 1. The van der Waals surface area contributed by atoms with Crippen molar-refractivity contribution in [3.63, 3.8) is 0 Å². The van der Waals surface area contributed by atoms with Gasteiger partial charge in [0.15, 0.2) is 0 Å². The van der Waals surface area contributed by atoms with E-state index in [1.54, 1.807) is 7.11 Å². The lowest BCUT2D eigenvalue weighted by molar-refractivity contribution is -0.122. The Balaban J connectivity index is 1.76. The normalized spacial score (nSPS) is 22.3. The Hall–Kier alpha value is -1.55. The predicted octanol–water partition coefficient (Wildman–Crippen LogP) is 1.74. The van der Waals surface area contributed by atoms with Crippen LogP contribution in [0.3, 0.4) is 0 Å². The molecule has 1 amide bonds. The van der Waals surface area contributed by atoms with Crippen LogP contribution in [0.5, 0.6) is 5.75 Å². The Morgan fingerprint density at radius 2 is 2.15 bits per heavy atom. The molecule has 2 atom stereocenters. The van der Waals surface area contributed by atoms with Gasteiger partial charge >= 0.3 is 0 Å². The topological polar surface area (TPSA) is 50.4 Å². The summed E-state index contributed by atoms with van der Waals surface area (Å²) in [6.45, 7) is 4.14. The standard InChI is InChI=1S/C16H24N2O2/c1-12-9-10-17-11-15(12)18-16(19)8-5-13-3-6-14(20-2)7-4-13/h3-4,6-7,12,15,17H,5,8-11H2,1-2H3,(H,18,19). The fourth-order valence-corrected chi connectivity index (χ4v) is 2.51. The summed E-state index contributed by atoms with van der Waals surface area (Å²) in [7, 11) is 1.65. The highest BCUT2D eigenvalue weighted by atomic mass is 16.5. The fraction of sp³-hybridized carbons (Fsp3) is 0.562. The van der Waals surface area contributed by atoms with Crippen molar-refractivity contribution in [1.29, 1.82) is 0 Å². The van der Waals surface area contributed by atoms with Gasteiger partial charge in [-0.15, -0.1) is 0 Å². The summed E-state index contributed by atoms with van der Waals surface area (Å²) >= 11 is 0. The maximum Gasteiger partial charge on any atom is 0.220 e. The molecule has 0 spiro atoms. The molecular weight excluding hydrogens is 252 g/mol. The van der Waals surface area contributed by atoms with E-state index in [9.17, 15) is 4.79 Å². The lowest BCUT2D eigenvalue weighted by atomic mass is 9.94. The van der Waals surface area contributed by atoms with Crippen LogP contribution in [0.1, 0.15) is 25.3 Å². The number of ether oxygens (including phenoxy) is 1. The minimum atomic E-state index is 0.140. The molecule has 2 unspecified atom stereocenters. The summed E-state index contributed by atoms with van der Waals surface area (Å²) in [5, 5.41) is 6.46. The summed E-state index contributed by atoms with van der Waals surface area (Å²) in [6.07, 6.45) is 2.43. The number of nitrogens with one attached hydrogen (secondary N) is 2. The second-order valence-corrected chi connectivity index (χ2v) is 5.49. The molecule has 1 heterocycles. The van der Waals surface area contributed by atoms with Gasteiger partial charge in [-0.05, 0) is 43.0 Å². The first kappa shape index (κ1) is 14.9. The van der Waals surface area contributed by atoms with E-state index in [0.29, 0.717) is 12.3 Å². The Labute approximate surface area is 120 Å². The molecule has 1 aliphatic rings. The molecule has 4 nitrogen and oxygen atoms in total. The molecule has 2 rings (SSSR count). The van der Waals surface area contributed by atoms with Crippen molar-refractivity contribution in [3.8, 4) is 5.75 Å². The second kappa shape index (κ2) is 7.29. The van der Waals surface area contributed by atoms with Crippen molar-refractivity contribution < 1.29 is 9.53 Å². The number of rotatable bonds is 5. The van der Waals surface area contributed by atoms with Crippen LogP contribution in [0, 0.1) is 5.92 Å². The van der Waals surface area contributed by atoms with Gasteiger partial charge in [-0.3, -0.25) is 4.79 Å². The van der Waals surface area contributed by atoms with Crippen molar-refractivity contribution in [2.45, 2.75) is 32.2 Å². The summed E-state index contributed by atoms with van der Waals surface area (Å²) in [5.41, 5.74) is 1.16. The van der Waals surface area contributed by atoms with Crippen LogP contribution in [0.25, 0.3) is 0 Å². The first-order chi connectivity index (χ1) is 9.69. The molecule has 110 valence electrons. The molecule has 0 saturated carbocycles. The number of amides is 1. The number of carbonyl (C=O) groups is 1. The van der Waals surface area contributed by atoms with Crippen molar-refractivity contribution in [2.24, 2.45) is 5.92 Å².